The van der Waals surface area contributed by atoms with Crippen LogP contribution in [-0.4, -0.2) is 14.8 Å². The second kappa shape index (κ2) is 3.90. The molecule has 0 amide bonds. The van der Waals surface area contributed by atoms with E-state index < -0.39 is 0 Å². The zero-order valence-electron chi connectivity index (χ0n) is 9.45. The Kier molecular flexibility index (Phi) is 2.71. The van der Waals surface area contributed by atoms with E-state index in [-0.39, 0.29) is 0 Å². The van der Waals surface area contributed by atoms with E-state index in [2.05, 4.69) is 26.0 Å². The van der Waals surface area contributed by atoms with E-state index in [0.29, 0.717) is 5.69 Å². The third kappa shape index (κ3) is 1.71. The Hall–Kier alpha value is -1.36. The van der Waals surface area contributed by atoms with Gasteiger partial charge in [-0.25, -0.2) is 9.67 Å². The number of nitrogens with zero attached hydrogens (tertiary/aromatic N) is 3. The third-order valence-electron chi connectivity index (χ3n) is 2.48. The summed E-state index contributed by atoms with van der Waals surface area (Å²) in [5, 5.41) is 4.44. The van der Waals surface area contributed by atoms with E-state index in [1.54, 1.807) is 6.20 Å². The normalized spacial score (nSPS) is 10.8. The summed E-state index contributed by atoms with van der Waals surface area (Å²) >= 11 is 3.50. The molecule has 5 heteroatoms. The van der Waals surface area contributed by atoms with Gasteiger partial charge < -0.3 is 5.73 Å². The molecule has 0 unspecified atom stereocenters. The van der Waals surface area contributed by atoms with Gasteiger partial charge in [0.05, 0.1) is 27.7 Å². The monoisotopic (exact) mass is 280 g/mol. The van der Waals surface area contributed by atoms with Crippen LogP contribution in [0.5, 0.6) is 0 Å². The first-order valence-electron chi connectivity index (χ1n) is 4.95. The van der Waals surface area contributed by atoms with E-state index in [0.717, 1.165) is 27.2 Å². The number of nitrogen functional groups attached to an aromatic ring is 1. The minimum atomic E-state index is 0.668. The van der Waals surface area contributed by atoms with Gasteiger partial charge in [-0.2, -0.15) is 5.10 Å². The second-order valence-corrected chi connectivity index (χ2v) is 4.60. The molecule has 0 aliphatic heterocycles. The molecule has 0 radical (unpaired) electrons. The van der Waals surface area contributed by atoms with Gasteiger partial charge in [-0.1, -0.05) is 0 Å². The smallest absolute Gasteiger partial charge is 0.156 e. The number of pyridine rings is 1. The molecule has 0 fully saturated rings. The summed E-state index contributed by atoms with van der Waals surface area (Å²) < 4.78 is 2.85. The van der Waals surface area contributed by atoms with Crippen LogP contribution in [-0.2, 0) is 0 Å². The fraction of sp³-hybridized carbons (Fsp3) is 0.273. The lowest BCUT2D eigenvalue weighted by Gasteiger charge is -2.07. The molecule has 16 heavy (non-hydrogen) atoms. The van der Waals surface area contributed by atoms with Gasteiger partial charge in [0.2, 0.25) is 0 Å². The van der Waals surface area contributed by atoms with E-state index in [1.807, 2.05) is 31.5 Å². The Morgan fingerprint density at radius 2 is 2.00 bits per heavy atom. The van der Waals surface area contributed by atoms with Crippen LogP contribution >= 0.6 is 15.9 Å². The van der Waals surface area contributed by atoms with E-state index >= 15 is 0 Å². The number of hydrogen-bond donors (Lipinski definition) is 1. The number of aromatic nitrogens is 3. The highest BCUT2D eigenvalue weighted by atomic mass is 79.9. The molecule has 2 N–H and O–H groups in total. The van der Waals surface area contributed by atoms with Gasteiger partial charge in [0.15, 0.2) is 5.82 Å². The van der Waals surface area contributed by atoms with Crippen LogP contribution in [0.2, 0.25) is 0 Å². The van der Waals surface area contributed by atoms with Crippen molar-refractivity contribution in [2.75, 3.05) is 5.73 Å². The average Bonchev–Trinajstić information content (AvgIpc) is 2.46. The van der Waals surface area contributed by atoms with Crippen molar-refractivity contribution < 1.29 is 0 Å². The van der Waals surface area contributed by atoms with Crippen LogP contribution < -0.4 is 5.73 Å². The van der Waals surface area contributed by atoms with Crippen LogP contribution in [0.1, 0.15) is 17.0 Å². The summed E-state index contributed by atoms with van der Waals surface area (Å²) in [6.45, 7) is 5.94. The maximum absolute atomic E-state index is 5.68. The highest BCUT2D eigenvalue weighted by molar-refractivity contribution is 9.10. The van der Waals surface area contributed by atoms with Gasteiger partial charge in [-0.3, -0.25) is 0 Å². The fourth-order valence-corrected chi connectivity index (χ4v) is 1.89. The number of rotatable bonds is 1. The molecule has 84 valence electrons. The van der Waals surface area contributed by atoms with Gasteiger partial charge >= 0.3 is 0 Å². The predicted molar refractivity (Wildman–Crippen MR) is 67.7 cm³/mol. The molecular weight excluding hydrogens is 268 g/mol. The zero-order chi connectivity index (χ0) is 11.9. The van der Waals surface area contributed by atoms with E-state index in [4.69, 9.17) is 5.73 Å². The summed E-state index contributed by atoms with van der Waals surface area (Å²) in [4.78, 5) is 4.32. The van der Waals surface area contributed by atoms with Crippen molar-refractivity contribution in [3.63, 3.8) is 0 Å². The second-order valence-electron chi connectivity index (χ2n) is 3.81. The van der Waals surface area contributed by atoms with Crippen LogP contribution in [0.4, 0.5) is 5.69 Å². The summed E-state index contributed by atoms with van der Waals surface area (Å²) in [7, 11) is 0. The minimum absolute atomic E-state index is 0.668. The Balaban J connectivity index is 2.63. The van der Waals surface area contributed by atoms with Crippen molar-refractivity contribution in [3.05, 3.63) is 33.7 Å². The summed E-state index contributed by atoms with van der Waals surface area (Å²) in [5.74, 6) is 0.820. The predicted octanol–water partition coefficient (Wildman–Crippen LogP) is 2.54. The number of anilines is 1. The Morgan fingerprint density at radius 1 is 1.31 bits per heavy atom. The topological polar surface area (TPSA) is 56.7 Å². The van der Waals surface area contributed by atoms with Crippen LogP contribution in [0.25, 0.3) is 5.82 Å². The standard InChI is InChI=1S/C11H13BrN4/c1-6-4-9(13)5-14-11(6)16-8(3)10(12)7(2)15-16/h4-5H,13H2,1-3H3. The first-order valence-corrected chi connectivity index (χ1v) is 5.74. The fourth-order valence-electron chi connectivity index (χ4n) is 1.64. The molecule has 2 rings (SSSR count). The summed E-state index contributed by atoms with van der Waals surface area (Å²) in [6, 6.07) is 1.90. The van der Waals surface area contributed by atoms with Gasteiger partial charge in [-0.15, -0.1) is 0 Å². The quantitative estimate of drug-likeness (QED) is 0.873. The van der Waals surface area contributed by atoms with Gasteiger partial charge in [0.25, 0.3) is 0 Å². The van der Waals surface area contributed by atoms with Gasteiger partial charge in [0.1, 0.15) is 0 Å². The highest BCUT2D eigenvalue weighted by Gasteiger charge is 2.12. The van der Waals surface area contributed by atoms with Gasteiger partial charge in [0, 0.05) is 0 Å². The van der Waals surface area contributed by atoms with Crippen LogP contribution in [0.3, 0.4) is 0 Å². The highest BCUT2D eigenvalue weighted by Crippen LogP contribution is 2.23. The molecule has 4 nitrogen and oxygen atoms in total. The lowest BCUT2D eigenvalue weighted by atomic mass is 10.2. The molecule has 2 aromatic rings. The van der Waals surface area contributed by atoms with Crippen molar-refractivity contribution >= 4 is 21.6 Å². The molecule has 2 heterocycles. The zero-order valence-corrected chi connectivity index (χ0v) is 11.0. The van der Waals surface area contributed by atoms with Crippen molar-refractivity contribution in [2.24, 2.45) is 0 Å². The molecule has 0 spiro atoms. The molecule has 0 aliphatic rings. The lowest BCUT2D eigenvalue weighted by molar-refractivity contribution is 0.799. The number of nitrogens with two attached hydrogens (primary N) is 1. The SMILES string of the molecule is Cc1cc(N)cnc1-n1nc(C)c(Br)c1C. The first-order chi connectivity index (χ1) is 7.50. The maximum atomic E-state index is 5.68. The average molecular weight is 281 g/mol. The van der Waals surface area contributed by atoms with Crippen LogP contribution in [0.15, 0.2) is 16.7 Å². The number of hydrogen-bond acceptors (Lipinski definition) is 3. The molecule has 0 atom stereocenters. The Morgan fingerprint density at radius 3 is 2.50 bits per heavy atom. The van der Waals surface area contributed by atoms with Crippen molar-refractivity contribution in [1.29, 1.82) is 0 Å². The summed E-state index contributed by atoms with van der Waals surface area (Å²) in [6.07, 6.45) is 1.65. The first kappa shape index (κ1) is 11.1. The van der Waals surface area contributed by atoms with E-state index in [1.165, 1.54) is 0 Å². The van der Waals surface area contributed by atoms with Gasteiger partial charge in [-0.05, 0) is 48.3 Å². The molecule has 0 saturated heterocycles. The Labute approximate surface area is 103 Å². The third-order valence-corrected chi connectivity index (χ3v) is 3.62. The van der Waals surface area contributed by atoms with E-state index in [9.17, 15) is 0 Å². The molecule has 0 saturated carbocycles. The lowest BCUT2D eigenvalue weighted by Crippen LogP contribution is -2.05. The van der Waals surface area contributed by atoms with Crippen molar-refractivity contribution in [3.8, 4) is 5.82 Å². The molecular formula is C11H13BrN4. The number of aryl methyl sites for hydroxylation is 2. The Bertz CT molecular complexity index is 545. The molecule has 2 aromatic heterocycles. The number of halogens is 1. The summed E-state index contributed by atoms with van der Waals surface area (Å²) in [5.41, 5.74) is 9.35. The maximum Gasteiger partial charge on any atom is 0.156 e. The van der Waals surface area contributed by atoms with Crippen molar-refractivity contribution in [1.82, 2.24) is 14.8 Å². The molecule has 0 aromatic carbocycles. The molecule has 0 aliphatic carbocycles. The minimum Gasteiger partial charge on any atom is -0.397 e. The van der Waals surface area contributed by atoms with Crippen molar-refractivity contribution in [2.45, 2.75) is 20.8 Å². The largest absolute Gasteiger partial charge is 0.397 e. The van der Waals surface area contributed by atoms with Crippen LogP contribution in [0, 0.1) is 20.8 Å². The molecule has 0 bridgehead atoms.